The van der Waals surface area contributed by atoms with E-state index in [1.807, 2.05) is 12.1 Å². The Kier molecular flexibility index (Phi) is 7.71. The number of aryl methyl sites for hydroxylation is 1. The smallest absolute Gasteiger partial charge is 0.379 e. The number of benzene rings is 3. The molecule has 0 fully saturated rings. The van der Waals surface area contributed by atoms with Gasteiger partial charge in [-0.25, -0.2) is 0 Å². The minimum Gasteiger partial charge on any atom is -0.379 e. The predicted octanol–water partition coefficient (Wildman–Crippen LogP) is 6.89. The Hall–Kier alpha value is -4.73. The Morgan fingerprint density at radius 2 is 1.74 bits per heavy atom. The van der Waals surface area contributed by atoms with Crippen molar-refractivity contribution in [3.8, 4) is 11.1 Å². The van der Waals surface area contributed by atoms with Gasteiger partial charge in [-0.1, -0.05) is 42.5 Å². The maximum Gasteiger partial charge on any atom is 0.416 e. The molecule has 0 unspecified atom stereocenters. The van der Waals surface area contributed by atoms with Crippen molar-refractivity contribution in [3.05, 3.63) is 118 Å². The largest absolute Gasteiger partial charge is 0.416 e. The van der Waals surface area contributed by atoms with Crippen LogP contribution in [0.15, 0.2) is 85.1 Å². The monoisotopic (exact) mass is 520 g/mol. The Bertz CT molecular complexity index is 1460. The first-order valence-corrected chi connectivity index (χ1v) is 11.6. The van der Waals surface area contributed by atoms with Crippen LogP contribution >= 0.6 is 0 Å². The molecule has 1 aromatic heterocycles. The summed E-state index contributed by atoms with van der Waals surface area (Å²) in [6.07, 6.45) is -2.46. The van der Waals surface area contributed by atoms with Crippen LogP contribution in [0, 0.1) is 17.0 Å². The first-order valence-electron chi connectivity index (χ1n) is 11.6. The maximum atomic E-state index is 13.6. The van der Waals surface area contributed by atoms with Crippen LogP contribution in [0.5, 0.6) is 0 Å². The Balaban J connectivity index is 1.61. The average molecular weight is 521 g/mol. The number of aromatic nitrogens is 1. The molecular formula is C28H23F3N4O3. The number of amides is 1. The highest BCUT2D eigenvalue weighted by Gasteiger charge is 2.34. The fourth-order valence-electron chi connectivity index (χ4n) is 4.04. The molecule has 4 rings (SSSR count). The second kappa shape index (κ2) is 11.1. The van der Waals surface area contributed by atoms with Crippen LogP contribution in [0.25, 0.3) is 11.1 Å². The lowest BCUT2D eigenvalue weighted by Crippen LogP contribution is -2.17. The highest BCUT2D eigenvalue weighted by Crippen LogP contribution is 2.37. The standard InChI is InChI=1S/C28H23F3N4O3/c1-18-15-22(19-7-3-2-4-8-19)23(17-24(18)28(29,30)31)27(36)34-21-10-11-25(26(16-21)35(37)38)33-14-12-20-9-5-6-13-32-20/h2-11,13,15-17,33H,12,14H2,1H3,(H,34,36). The highest BCUT2D eigenvalue weighted by molar-refractivity contribution is 6.09. The third-order valence-corrected chi connectivity index (χ3v) is 5.87. The number of nitrogens with zero attached hydrogens (tertiary/aromatic N) is 2. The maximum absolute atomic E-state index is 13.6. The molecule has 1 heterocycles. The van der Waals surface area contributed by atoms with Crippen LogP contribution in [0.3, 0.4) is 0 Å². The lowest BCUT2D eigenvalue weighted by molar-refractivity contribution is -0.383. The number of halogens is 3. The molecule has 2 N–H and O–H groups in total. The quantitative estimate of drug-likeness (QED) is 0.195. The average Bonchev–Trinajstić information content (AvgIpc) is 2.89. The molecule has 0 saturated carbocycles. The van der Waals surface area contributed by atoms with Crippen LogP contribution in [0.2, 0.25) is 0 Å². The van der Waals surface area contributed by atoms with Gasteiger partial charge in [0.1, 0.15) is 5.69 Å². The van der Waals surface area contributed by atoms with Crippen LogP contribution in [0.1, 0.15) is 27.2 Å². The van der Waals surface area contributed by atoms with Crippen molar-refractivity contribution in [3.63, 3.8) is 0 Å². The minimum atomic E-state index is -4.66. The first kappa shape index (κ1) is 26.3. The molecule has 10 heteroatoms. The molecule has 0 atom stereocenters. The van der Waals surface area contributed by atoms with E-state index in [-0.39, 0.29) is 28.2 Å². The van der Waals surface area contributed by atoms with Crippen LogP contribution in [-0.2, 0) is 12.6 Å². The summed E-state index contributed by atoms with van der Waals surface area (Å²) in [5.74, 6) is -0.820. The van der Waals surface area contributed by atoms with Crippen molar-refractivity contribution in [2.45, 2.75) is 19.5 Å². The fourth-order valence-corrected chi connectivity index (χ4v) is 4.04. The number of carbonyl (C=O) groups is 1. The van der Waals surface area contributed by atoms with Crippen molar-refractivity contribution in [2.75, 3.05) is 17.2 Å². The summed E-state index contributed by atoms with van der Waals surface area (Å²) in [6.45, 7) is 1.72. The molecule has 194 valence electrons. The van der Waals surface area contributed by atoms with E-state index in [0.29, 0.717) is 24.1 Å². The van der Waals surface area contributed by atoms with Crippen molar-refractivity contribution in [2.24, 2.45) is 0 Å². The third-order valence-electron chi connectivity index (χ3n) is 5.87. The summed E-state index contributed by atoms with van der Waals surface area (Å²) in [7, 11) is 0. The van der Waals surface area contributed by atoms with Gasteiger partial charge in [-0.15, -0.1) is 0 Å². The third kappa shape index (κ3) is 6.15. The van der Waals surface area contributed by atoms with E-state index in [1.54, 1.807) is 42.6 Å². The number of hydrogen-bond donors (Lipinski definition) is 2. The molecule has 3 aromatic carbocycles. The van der Waals surface area contributed by atoms with E-state index in [2.05, 4.69) is 15.6 Å². The number of anilines is 2. The molecule has 38 heavy (non-hydrogen) atoms. The summed E-state index contributed by atoms with van der Waals surface area (Å²) < 4.78 is 40.9. The summed E-state index contributed by atoms with van der Waals surface area (Å²) >= 11 is 0. The topological polar surface area (TPSA) is 97.2 Å². The highest BCUT2D eigenvalue weighted by atomic mass is 19.4. The van der Waals surface area contributed by atoms with Gasteiger partial charge < -0.3 is 10.6 Å². The second-order valence-corrected chi connectivity index (χ2v) is 8.52. The van der Waals surface area contributed by atoms with Crippen molar-refractivity contribution in [1.29, 1.82) is 0 Å². The Labute approximate surface area is 216 Å². The first-order chi connectivity index (χ1) is 18.1. The van der Waals surface area contributed by atoms with Crippen molar-refractivity contribution in [1.82, 2.24) is 4.98 Å². The van der Waals surface area contributed by atoms with Crippen molar-refractivity contribution < 1.29 is 22.9 Å². The van der Waals surface area contributed by atoms with Crippen LogP contribution < -0.4 is 10.6 Å². The number of nitro benzene ring substituents is 1. The van der Waals surface area contributed by atoms with E-state index in [9.17, 15) is 28.1 Å². The predicted molar refractivity (Wildman–Crippen MR) is 139 cm³/mol. The molecule has 0 radical (unpaired) electrons. The summed E-state index contributed by atoms with van der Waals surface area (Å²) in [6, 6.07) is 20.2. The van der Waals surface area contributed by atoms with Crippen LogP contribution in [-0.4, -0.2) is 22.4 Å². The number of nitrogens with one attached hydrogen (secondary N) is 2. The lowest BCUT2D eigenvalue weighted by Gasteiger charge is -2.17. The number of pyridine rings is 1. The van der Waals surface area contributed by atoms with Gasteiger partial charge in [-0.05, 0) is 53.9 Å². The van der Waals surface area contributed by atoms with E-state index in [0.717, 1.165) is 11.8 Å². The Morgan fingerprint density at radius 1 is 1.00 bits per heavy atom. The number of rotatable bonds is 8. The number of alkyl halides is 3. The normalized spacial score (nSPS) is 11.2. The number of carbonyl (C=O) groups excluding carboxylic acids is 1. The summed E-state index contributed by atoms with van der Waals surface area (Å²) in [5, 5.41) is 17.2. The van der Waals surface area contributed by atoms with Gasteiger partial charge in [0, 0.05) is 42.2 Å². The molecule has 0 spiro atoms. The molecule has 0 aliphatic rings. The SMILES string of the molecule is Cc1cc(-c2ccccc2)c(C(=O)Nc2ccc(NCCc3ccccn3)c([N+](=O)[O-])c2)cc1C(F)(F)F. The van der Waals surface area contributed by atoms with Gasteiger partial charge >= 0.3 is 6.18 Å². The molecule has 0 bridgehead atoms. The number of nitro groups is 1. The zero-order valence-corrected chi connectivity index (χ0v) is 20.3. The molecular weight excluding hydrogens is 497 g/mol. The van der Waals surface area contributed by atoms with Gasteiger partial charge in [-0.2, -0.15) is 13.2 Å². The molecule has 0 aliphatic carbocycles. The molecule has 0 aliphatic heterocycles. The second-order valence-electron chi connectivity index (χ2n) is 8.52. The molecule has 7 nitrogen and oxygen atoms in total. The van der Waals surface area contributed by atoms with E-state index in [4.69, 9.17) is 0 Å². The van der Waals surface area contributed by atoms with Gasteiger partial charge in [0.05, 0.1) is 10.5 Å². The molecule has 4 aromatic rings. The van der Waals surface area contributed by atoms with E-state index < -0.39 is 22.6 Å². The Morgan fingerprint density at radius 3 is 2.39 bits per heavy atom. The van der Waals surface area contributed by atoms with Crippen molar-refractivity contribution >= 4 is 23.0 Å². The molecule has 1 amide bonds. The minimum absolute atomic E-state index is 0.0235. The van der Waals surface area contributed by atoms with E-state index in [1.165, 1.54) is 31.2 Å². The summed E-state index contributed by atoms with van der Waals surface area (Å²) in [5.41, 5.74) is 0.571. The lowest BCUT2D eigenvalue weighted by atomic mass is 9.93. The van der Waals surface area contributed by atoms with Gasteiger partial charge in [0.2, 0.25) is 0 Å². The van der Waals surface area contributed by atoms with Gasteiger partial charge in [0.15, 0.2) is 0 Å². The zero-order chi connectivity index (χ0) is 27.3. The van der Waals surface area contributed by atoms with Gasteiger partial charge in [0.25, 0.3) is 11.6 Å². The van der Waals surface area contributed by atoms with Gasteiger partial charge in [-0.3, -0.25) is 19.9 Å². The molecule has 0 saturated heterocycles. The zero-order valence-electron chi connectivity index (χ0n) is 20.3. The van der Waals surface area contributed by atoms with Crippen LogP contribution in [0.4, 0.5) is 30.2 Å². The fraction of sp³-hybridized carbons (Fsp3) is 0.143. The van der Waals surface area contributed by atoms with E-state index >= 15 is 0 Å². The number of hydrogen-bond acceptors (Lipinski definition) is 5. The summed E-state index contributed by atoms with van der Waals surface area (Å²) in [4.78, 5) is 28.5.